The Morgan fingerprint density at radius 1 is 1.59 bits per heavy atom. The Kier molecular flexibility index (Phi) is 2.99. The van der Waals surface area contributed by atoms with Crippen LogP contribution in [0.3, 0.4) is 0 Å². The van der Waals surface area contributed by atoms with Gasteiger partial charge in [0.2, 0.25) is 0 Å². The highest BCUT2D eigenvalue weighted by Crippen LogP contribution is 2.24. The maximum Gasteiger partial charge on any atom is 0.306 e. The summed E-state index contributed by atoms with van der Waals surface area (Å²) in [6.07, 6.45) is 0.332. The normalized spacial score (nSPS) is 12.6. The number of aliphatic carboxylic acids is 1. The van der Waals surface area contributed by atoms with Gasteiger partial charge in [-0.2, -0.15) is 0 Å². The van der Waals surface area contributed by atoms with Gasteiger partial charge in [-0.25, -0.2) is 0 Å². The minimum absolute atomic E-state index is 0.332. The molecule has 0 saturated heterocycles. The first-order valence-electron chi connectivity index (χ1n) is 5.27. The molecule has 0 radical (unpaired) electrons. The van der Waals surface area contributed by atoms with Crippen molar-refractivity contribution in [2.24, 2.45) is 5.92 Å². The number of fused-ring (bicyclic) bond motifs is 1. The first kappa shape index (κ1) is 11.4. The van der Waals surface area contributed by atoms with Crippen molar-refractivity contribution in [3.63, 3.8) is 0 Å². The van der Waals surface area contributed by atoms with Gasteiger partial charge in [-0.3, -0.25) is 4.79 Å². The average Bonchev–Trinajstić information content (AvgIpc) is 2.71. The van der Waals surface area contributed by atoms with Gasteiger partial charge < -0.3 is 14.4 Å². The van der Waals surface area contributed by atoms with Crippen molar-refractivity contribution < 1.29 is 19.2 Å². The van der Waals surface area contributed by atoms with Crippen LogP contribution >= 0.6 is 0 Å². The highest BCUT2D eigenvalue weighted by molar-refractivity contribution is 5.82. The van der Waals surface area contributed by atoms with Crippen molar-refractivity contribution in [2.75, 3.05) is 7.11 Å². The summed E-state index contributed by atoms with van der Waals surface area (Å²) in [5, 5.41) is 13.6. The number of hydrogen-bond donors (Lipinski definition) is 1. The molecule has 0 aliphatic carbocycles. The quantitative estimate of drug-likeness (QED) is 0.878. The summed E-state index contributed by atoms with van der Waals surface area (Å²) in [6.45, 7) is 1.64. The van der Waals surface area contributed by atoms with Crippen molar-refractivity contribution in [3.8, 4) is 5.75 Å². The van der Waals surface area contributed by atoms with Crippen LogP contribution in [0.2, 0.25) is 0 Å². The second kappa shape index (κ2) is 4.45. The molecular formula is C12H13NO4. The molecule has 1 aromatic heterocycles. The Hall–Kier alpha value is -2.04. The van der Waals surface area contributed by atoms with E-state index < -0.39 is 11.9 Å². The molecule has 0 aliphatic rings. The monoisotopic (exact) mass is 235 g/mol. The average molecular weight is 235 g/mol. The number of benzene rings is 1. The van der Waals surface area contributed by atoms with Crippen LogP contribution in [0.25, 0.3) is 10.9 Å². The van der Waals surface area contributed by atoms with Crippen LogP contribution in [-0.4, -0.2) is 23.3 Å². The summed E-state index contributed by atoms with van der Waals surface area (Å²) in [5.74, 6) is -0.0440. The molecule has 0 spiro atoms. The molecule has 2 aromatic rings. The minimum Gasteiger partial charge on any atom is -0.497 e. The van der Waals surface area contributed by atoms with E-state index in [9.17, 15) is 4.79 Å². The Morgan fingerprint density at radius 3 is 3.00 bits per heavy atom. The van der Waals surface area contributed by atoms with E-state index in [1.54, 1.807) is 26.2 Å². The zero-order valence-electron chi connectivity index (χ0n) is 9.64. The van der Waals surface area contributed by atoms with E-state index in [0.717, 1.165) is 5.39 Å². The summed E-state index contributed by atoms with van der Waals surface area (Å²) in [4.78, 5) is 10.8. The van der Waals surface area contributed by atoms with E-state index in [4.69, 9.17) is 14.4 Å². The fourth-order valence-corrected chi connectivity index (χ4v) is 1.62. The molecule has 17 heavy (non-hydrogen) atoms. The molecule has 90 valence electrons. The zero-order valence-corrected chi connectivity index (χ0v) is 9.64. The van der Waals surface area contributed by atoms with Crippen LogP contribution in [0.1, 0.15) is 12.7 Å². The second-order valence-corrected chi connectivity index (χ2v) is 3.93. The lowest BCUT2D eigenvalue weighted by Crippen LogP contribution is -2.11. The number of aromatic nitrogens is 1. The molecule has 0 fully saturated rings. The molecule has 0 bridgehead atoms. The molecule has 5 heteroatoms. The number of carboxylic acid groups (broad SMARTS) is 1. The maximum atomic E-state index is 10.8. The summed E-state index contributed by atoms with van der Waals surface area (Å²) < 4.78 is 10.2. The Labute approximate surface area is 98.0 Å². The number of hydrogen-bond acceptors (Lipinski definition) is 4. The van der Waals surface area contributed by atoms with Crippen molar-refractivity contribution >= 4 is 16.9 Å². The molecule has 0 aliphatic heterocycles. The van der Waals surface area contributed by atoms with Crippen LogP contribution in [0.15, 0.2) is 22.7 Å². The smallest absolute Gasteiger partial charge is 0.306 e. The highest BCUT2D eigenvalue weighted by Gasteiger charge is 2.17. The van der Waals surface area contributed by atoms with E-state index in [0.29, 0.717) is 23.4 Å². The van der Waals surface area contributed by atoms with Crippen molar-refractivity contribution in [1.82, 2.24) is 5.16 Å². The third-order valence-corrected chi connectivity index (χ3v) is 2.67. The lowest BCUT2D eigenvalue weighted by Gasteiger charge is -2.02. The molecule has 1 heterocycles. The fraction of sp³-hybridized carbons (Fsp3) is 0.333. The van der Waals surface area contributed by atoms with Gasteiger partial charge in [-0.1, -0.05) is 12.1 Å². The molecular weight excluding hydrogens is 222 g/mol. The van der Waals surface area contributed by atoms with Crippen molar-refractivity contribution in [1.29, 1.82) is 0 Å². The lowest BCUT2D eigenvalue weighted by atomic mass is 10.0. The number of carboxylic acids is 1. The Morgan fingerprint density at radius 2 is 2.35 bits per heavy atom. The molecule has 1 aromatic carbocycles. The minimum atomic E-state index is -0.844. The van der Waals surface area contributed by atoms with Crippen LogP contribution in [0.5, 0.6) is 5.75 Å². The third kappa shape index (κ3) is 2.22. The fourth-order valence-electron chi connectivity index (χ4n) is 1.62. The molecule has 1 atom stereocenters. The Bertz CT molecular complexity index is 546. The number of nitrogens with zero attached hydrogens (tertiary/aromatic N) is 1. The first-order chi connectivity index (χ1) is 8.11. The van der Waals surface area contributed by atoms with E-state index in [1.807, 2.05) is 6.07 Å². The van der Waals surface area contributed by atoms with Crippen LogP contribution < -0.4 is 4.74 Å². The molecule has 1 N–H and O–H groups in total. The predicted octanol–water partition coefficient (Wildman–Crippen LogP) is 2.10. The van der Waals surface area contributed by atoms with Crippen LogP contribution in [0, 0.1) is 5.92 Å². The lowest BCUT2D eigenvalue weighted by molar-refractivity contribution is -0.141. The maximum absolute atomic E-state index is 10.8. The van der Waals surface area contributed by atoms with Crippen LogP contribution in [0.4, 0.5) is 0 Å². The van der Waals surface area contributed by atoms with E-state index in [-0.39, 0.29) is 0 Å². The third-order valence-electron chi connectivity index (χ3n) is 2.67. The van der Waals surface area contributed by atoms with Crippen molar-refractivity contribution in [3.05, 3.63) is 24.0 Å². The number of carbonyl (C=O) groups is 1. The van der Waals surface area contributed by atoms with Gasteiger partial charge >= 0.3 is 5.97 Å². The number of rotatable bonds is 4. The van der Waals surface area contributed by atoms with E-state index >= 15 is 0 Å². The molecule has 0 amide bonds. The van der Waals surface area contributed by atoms with Gasteiger partial charge in [0.25, 0.3) is 0 Å². The predicted molar refractivity (Wildman–Crippen MR) is 61.1 cm³/mol. The van der Waals surface area contributed by atoms with Gasteiger partial charge in [0, 0.05) is 17.9 Å². The number of ether oxygens (including phenoxy) is 1. The molecule has 2 rings (SSSR count). The van der Waals surface area contributed by atoms with E-state index in [1.165, 1.54) is 0 Å². The van der Waals surface area contributed by atoms with E-state index in [2.05, 4.69) is 5.16 Å². The SMILES string of the molecule is COc1ccc2c(CC(C)C(=O)O)onc2c1. The van der Waals surface area contributed by atoms with Crippen LogP contribution in [-0.2, 0) is 11.2 Å². The van der Waals surface area contributed by atoms with Crippen molar-refractivity contribution in [2.45, 2.75) is 13.3 Å². The second-order valence-electron chi connectivity index (χ2n) is 3.93. The summed E-state index contributed by atoms with van der Waals surface area (Å²) in [6, 6.07) is 5.39. The summed E-state index contributed by atoms with van der Waals surface area (Å²) >= 11 is 0. The van der Waals surface area contributed by atoms with Gasteiger partial charge in [0.05, 0.1) is 13.0 Å². The van der Waals surface area contributed by atoms with Gasteiger partial charge in [-0.05, 0) is 12.1 Å². The number of methoxy groups -OCH3 is 1. The molecule has 5 nitrogen and oxygen atoms in total. The van der Waals surface area contributed by atoms with Gasteiger partial charge in [0.15, 0.2) is 0 Å². The zero-order chi connectivity index (χ0) is 12.4. The van der Waals surface area contributed by atoms with Gasteiger partial charge in [0.1, 0.15) is 17.0 Å². The summed E-state index contributed by atoms with van der Waals surface area (Å²) in [5.41, 5.74) is 0.678. The molecule has 0 saturated carbocycles. The highest BCUT2D eigenvalue weighted by atomic mass is 16.5. The Balaban J connectivity index is 2.33. The standard InChI is InChI=1S/C12H13NO4/c1-7(12(14)15)5-11-9-4-3-8(16-2)6-10(9)13-17-11/h3-4,6-7H,5H2,1-2H3,(H,14,15). The first-order valence-corrected chi connectivity index (χ1v) is 5.27. The topological polar surface area (TPSA) is 72.6 Å². The largest absolute Gasteiger partial charge is 0.497 e. The summed E-state index contributed by atoms with van der Waals surface area (Å²) in [7, 11) is 1.58. The van der Waals surface area contributed by atoms with Gasteiger partial charge in [-0.15, -0.1) is 0 Å². The molecule has 1 unspecified atom stereocenters.